The molecule has 0 atom stereocenters. The molecule has 9 heteroatoms. The molecule has 1 N–H and O–H groups in total. The molecule has 1 rings (SSSR count). The third-order valence-electron chi connectivity index (χ3n) is 2.09. The van der Waals surface area contributed by atoms with E-state index in [4.69, 9.17) is 4.74 Å². The molecule has 112 valence electrons. The van der Waals surface area contributed by atoms with Crippen molar-refractivity contribution >= 4 is 5.91 Å². The maximum absolute atomic E-state index is 12.1. The molecule has 0 aromatic heterocycles. The van der Waals surface area contributed by atoms with Crippen molar-refractivity contribution in [1.82, 2.24) is 5.32 Å². The number of amides is 1. The van der Waals surface area contributed by atoms with Crippen LogP contribution in [0.2, 0.25) is 0 Å². The molecule has 0 bridgehead atoms. The van der Waals surface area contributed by atoms with Crippen LogP contribution in [-0.4, -0.2) is 32.3 Å². The Morgan fingerprint density at radius 2 is 1.95 bits per heavy atom. The van der Waals surface area contributed by atoms with E-state index in [0.29, 0.717) is 0 Å². The summed E-state index contributed by atoms with van der Waals surface area (Å²) in [6, 6.07) is 3.06. The minimum atomic E-state index is -4.54. The number of carbonyl (C=O) groups excluding carboxylic acids is 1. The molecule has 1 aromatic rings. The van der Waals surface area contributed by atoms with E-state index in [1.807, 2.05) is 0 Å². The maximum atomic E-state index is 12.1. The largest absolute Gasteiger partial charge is 0.493 e. The van der Waals surface area contributed by atoms with Gasteiger partial charge in [0, 0.05) is 5.56 Å². The molecule has 0 aliphatic carbocycles. The van der Waals surface area contributed by atoms with E-state index >= 15 is 0 Å². The van der Waals surface area contributed by atoms with Gasteiger partial charge in [0.2, 0.25) is 0 Å². The van der Waals surface area contributed by atoms with Gasteiger partial charge in [-0.2, -0.15) is 22.0 Å². The van der Waals surface area contributed by atoms with Crippen molar-refractivity contribution in [1.29, 1.82) is 0 Å². The third kappa shape index (κ3) is 4.90. The lowest BCUT2D eigenvalue weighted by Gasteiger charge is -2.12. The van der Waals surface area contributed by atoms with Gasteiger partial charge in [0.25, 0.3) is 5.91 Å². The van der Waals surface area contributed by atoms with Gasteiger partial charge < -0.3 is 14.8 Å². The average molecular weight is 299 g/mol. The molecule has 1 aromatic carbocycles. The van der Waals surface area contributed by atoms with Crippen molar-refractivity contribution in [3.63, 3.8) is 0 Å². The van der Waals surface area contributed by atoms with Gasteiger partial charge in [0.1, 0.15) is 6.54 Å². The van der Waals surface area contributed by atoms with Crippen LogP contribution in [0.15, 0.2) is 18.2 Å². The van der Waals surface area contributed by atoms with Crippen LogP contribution in [0.5, 0.6) is 11.5 Å². The van der Waals surface area contributed by atoms with E-state index < -0.39 is 25.2 Å². The molecule has 0 fully saturated rings. The van der Waals surface area contributed by atoms with Crippen molar-refractivity contribution in [2.75, 3.05) is 13.7 Å². The number of rotatable bonds is 5. The number of nitrogens with one attached hydrogen (secondary N) is 1. The second kappa shape index (κ2) is 6.40. The van der Waals surface area contributed by atoms with Gasteiger partial charge in [0.05, 0.1) is 7.11 Å². The molecule has 0 aliphatic rings. The van der Waals surface area contributed by atoms with Crippen LogP contribution in [0.1, 0.15) is 10.4 Å². The number of methoxy groups -OCH3 is 1. The minimum Gasteiger partial charge on any atom is -0.493 e. The first-order chi connectivity index (χ1) is 9.23. The standard InChI is InChI=1S/C11H10F5NO3/c1-19-8-4-6(2-3-7(8)20-10(12)13)9(18)17-5-11(14,15)16/h2-4,10H,5H2,1H3,(H,17,18). The fourth-order valence-electron chi connectivity index (χ4n) is 1.28. The lowest BCUT2D eigenvalue weighted by Crippen LogP contribution is -2.33. The minimum absolute atomic E-state index is 0.173. The third-order valence-corrected chi connectivity index (χ3v) is 2.09. The van der Waals surface area contributed by atoms with E-state index in [1.165, 1.54) is 0 Å². The normalized spacial score (nSPS) is 11.3. The van der Waals surface area contributed by atoms with Crippen LogP contribution in [-0.2, 0) is 0 Å². The Balaban J connectivity index is 2.84. The molecule has 1 amide bonds. The Bertz CT molecular complexity index is 476. The number of alkyl halides is 5. The van der Waals surface area contributed by atoms with Crippen molar-refractivity contribution in [3.05, 3.63) is 23.8 Å². The molecular formula is C11H10F5NO3. The van der Waals surface area contributed by atoms with E-state index in [0.717, 1.165) is 25.3 Å². The van der Waals surface area contributed by atoms with Gasteiger partial charge in [-0.15, -0.1) is 0 Å². The smallest absolute Gasteiger partial charge is 0.405 e. The number of hydrogen-bond donors (Lipinski definition) is 1. The van der Waals surface area contributed by atoms with Gasteiger partial charge >= 0.3 is 12.8 Å². The Labute approximate surface area is 110 Å². The Kier molecular flexibility index (Phi) is 5.12. The number of carbonyl (C=O) groups is 1. The highest BCUT2D eigenvalue weighted by atomic mass is 19.4. The second-order valence-corrected chi connectivity index (χ2v) is 3.54. The summed E-state index contributed by atoms with van der Waals surface area (Å²) in [5, 5.41) is 1.64. The van der Waals surface area contributed by atoms with Crippen molar-refractivity contribution in [2.24, 2.45) is 0 Å². The van der Waals surface area contributed by atoms with Crippen molar-refractivity contribution < 1.29 is 36.2 Å². The molecular weight excluding hydrogens is 289 g/mol. The number of ether oxygens (including phenoxy) is 2. The molecule has 0 heterocycles. The highest BCUT2D eigenvalue weighted by molar-refractivity contribution is 5.94. The lowest BCUT2D eigenvalue weighted by molar-refractivity contribution is -0.123. The molecule has 20 heavy (non-hydrogen) atoms. The Morgan fingerprint density at radius 1 is 1.30 bits per heavy atom. The summed E-state index contributed by atoms with van der Waals surface area (Å²) in [7, 11) is 1.14. The van der Waals surface area contributed by atoms with Crippen molar-refractivity contribution in [2.45, 2.75) is 12.8 Å². The van der Waals surface area contributed by atoms with Crippen LogP contribution in [0, 0.1) is 0 Å². The highest BCUT2D eigenvalue weighted by Gasteiger charge is 2.28. The van der Waals surface area contributed by atoms with Crippen LogP contribution >= 0.6 is 0 Å². The average Bonchev–Trinajstić information content (AvgIpc) is 2.34. The van der Waals surface area contributed by atoms with Gasteiger partial charge in [-0.25, -0.2) is 0 Å². The number of benzene rings is 1. The maximum Gasteiger partial charge on any atom is 0.405 e. The lowest BCUT2D eigenvalue weighted by atomic mass is 10.2. The molecule has 0 aliphatic heterocycles. The molecule has 0 radical (unpaired) electrons. The highest BCUT2D eigenvalue weighted by Crippen LogP contribution is 2.29. The quantitative estimate of drug-likeness (QED) is 0.850. The van der Waals surface area contributed by atoms with Gasteiger partial charge in [-0.3, -0.25) is 4.79 Å². The Hall–Kier alpha value is -2.06. The van der Waals surface area contributed by atoms with E-state index in [-0.39, 0.29) is 17.1 Å². The van der Waals surface area contributed by atoms with Crippen LogP contribution in [0.3, 0.4) is 0 Å². The summed E-state index contributed by atoms with van der Waals surface area (Å²) in [6.45, 7) is -4.59. The van der Waals surface area contributed by atoms with Crippen LogP contribution in [0.25, 0.3) is 0 Å². The van der Waals surface area contributed by atoms with Crippen LogP contribution < -0.4 is 14.8 Å². The second-order valence-electron chi connectivity index (χ2n) is 3.54. The number of halogens is 5. The van der Waals surface area contributed by atoms with Gasteiger partial charge in [-0.05, 0) is 18.2 Å². The predicted molar refractivity (Wildman–Crippen MR) is 58.0 cm³/mol. The summed E-state index contributed by atoms with van der Waals surface area (Å²) in [5.74, 6) is -1.52. The number of hydrogen-bond acceptors (Lipinski definition) is 3. The summed E-state index contributed by atoms with van der Waals surface area (Å²) >= 11 is 0. The zero-order valence-electron chi connectivity index (χ0n) is 10.1. The van der Waals surface area contributed by atoms with E-state index in [2.05, 4.69) is 4.74 Å². The molecule has 0 saturated carbocycles. The summed E-state index contributed by atoms with van der Waals surface area (Å²) in [6.07, 6.45) is -4.54. The molecule has 0 spiro atoms. The molecule has 0 unspecified atom stereocenters. The molecule has 0 saturated heterocycles. The zero-order valence-corrected chi connectivity index (χ0v) is 10.1. The first-order valence-electron chi connectivity index (χ1n) is 5.20. The molecule has 4 nitrogen and oxygen atoms in total. The van der Waals surface area contributed by atoms with Crippen molar-refractivity contribution in [3.8, 4) is 11.5 Å². The van der Waals surface area contributed by atoms with E-state index in [9.17, 15) is 26.7 Å². The topological polar surface area (TPSA) is 47.6 Å². The monoisotopic (exact) mass is 299 g/mol. The summed E-state index contributed by atoms with van der Waals surface area (Å²) < 4.78 is 68.8. The summed E-state index contributed by atoms with van der Waals surface area (Å²) in [5.41, 5.74) is -0.173. The Morgan fingerprint density at radius 3 is 2.45 bits per heavy atom. The first kappa shape index (κ1) is 16.0. The van der Waals surface area contributed by atoms with Gasteiger partial charge in [0.15, 0.2) is 11.5 Å². The van der Waals surface area contributed by atoms with E-state index in [1.54, 1.807) is 5.32 Å². The van der Waals surface area contributed by atoms with Crippen LogP contribution in [0.4, 0.5) is 22.0 Å². The zero-order chi connectivity index (χ0) is 15.3. The SMILES string of the molecule is COc1cc(C(=O)NCC(F)(F)F)ccc1OC(F)F. The summed E-state index contributed by atoms with van der Waals surface area (Å²) in [4.78, 5) is 11.4. The fourth-order valence-corrected chi connectivity index (χ4v) is 1.28. The fraction of sp³-hybridized carbons (Fsp3) is 0.364. The first-order valence-corrected chi connectivity index (χ1v) is 5.20. The van der Waals surface area contributed by atoms with Gasteiger partial charge in [-0.1, -0.05) is 0 Å². The predicted octanol–water partition coefficient (Wildman–Crippen LogP) is 2.59.